The summed E-state index contributed by atoms with van der Waals surface area (Å²) in [4.78, 5) is 23.4. The molecule has 1 aliphatic heterocycles. The molecule has 0 spiro atoms. The summed E-state index contributed by atoms with van der Waals surface area (Å²) >= 11 is 5.56. The minimum atomic E-state index is -5.33. The first-order chi connectivity index (χ1) is 12.6. The molecule has 0 bridgehead atoms. The molecule has 1 aromatic carbocycles. The number of ether oxygens (including phenoxy) is 2. The summed E-state index contributed by atoms with van der Waals surface area (Å²) in [6.45, 7) is 0.713. The summed E-state index contributed by atoms with van der Waals surface area (Å²) in [5.74, 6) is -4.83. The van der Waals surface area contributed by atoms with Crippen molar-refractivity contribution in [3.05, 3.63) is 29.0 Å². The molecule has 7 nitrogen and oxygen atoms in total. The van der Waals surface area contributed by atoms with Crippen LogP contribution in [-0.4, -0.2) is 48.5 Å². The van der Waals surface area contributed by atoms with E-state index in [4.69, 9.17) is 22.1 Å². The average Bonchev–Trinajstić information content (AvgIpc) is 2.58. The van der Waals surface area contributed by atoms with Gasteiger partial charge < -0.3 is 15.2 Å². The average molecular weight is 414 g/mol. The lowest BCUT2D eigenvalue weighted by atomic mass is 10.1. The highest BCUT2D eigenvalue weighted by Crippen LogP contribution is 2.24. The van der Waals surface area contributed by atoms with Gasteiger partial charge in [0.1, 0.15) is 11.6 Å². The van der Waals surface area contributed by atoms with Crippen LogP contribution in [0.4, 0.5) is 17.6 Å². The molecule has 1 heterocycles. The molecule has 0 aliphatic carbocycles. The van der Waals surface area contributed by atoms with E-state index in [9.17, 15) is 27.2 Å². The molecule has 0 saturated carbocycles. The number of halogens is 5. The van der Waals surface area contributed by atoms with Crippen LogP contribution in [0.25, 0.3) is 0 Å². The lowest BCUT2D eigenvalue weighted by Crippen LogP contribution is -2.54. The molecule has 1 amide bonds. The van der Waals surface area contributed by atoms with Crippen LogP contribution in [0.1, 0.15) is 12.8 Å². The summed E-state index contributed by atoms with van der Waals surface area (Å²) < 4.78 is 59.7. The second kappa shape index (κ2) is 8.72. The van der Waals surface area contributed by atoms with E-state index in [0.29, 0.717) is 25.9 Å². The van der Waals surface area contributed by atoms with Crippen LogP contribution in [0.5, 0.6) is 5.75 Å². The zero-order valence-electron chi connectivity index (χ0n) is 13.8. The van der Waals surface area contributed by atoms with Crippen LogP contribution in [0.2, 0.25) is 5.02 Å². The van der Waals surface area contributed by atoms with Gasteiger partial charge in [0, 0.05) is 25.2 Å². The highest BCUT2D eigenvalue weighted by atomic mass is 35.5. The van der Waals surface area contributed by atoms with Gasteiger partial charge in [0.2, 0.25) is 0 Å². The van der Waals surface area contributed by atoms with Crippen LogP contribution < -0.4 is 15.9 Å². The third-order valence-electron chi connectivity index (χ3n) is 3.60. The Kier molecular flexibility index (Phi) is 6.84. The van der Waals surface area contributed by atoms with Gasteiger partial charge >= 0.3 is 24.3 Å². The van der Waals surface area contributed by atoms with E-state index < -0.39 is 30.2 Å². The van der Waals surface area contributed by atoms with Crippen molar-refractivity contribution in [3.63, 3.8) is 0 Å². The number of carbonyl (C=O) groups excluding carboxylic acids is 2. The zero-order chi connectivity index (χ0) is 20.2. The first-order valence-electron chi connectivity index (χ1n) is 7.77. The maximum absolute atomic E-state index is 13.2. The van der Waals surface area contributed by atoms with Gasteiger partial charge in [-0.3, -0.25) is 10.2 Å². The van der Waals surface area contributed by atoms with Gasteiger partial charge in [-0.15, -0.1) is 0 Å². The van der Waals surface area contributed by atoms with E-state index in [2.05, 4.69) is 10.2 Å². The molecule has 1 saturated heterocycles. The van der Waals surface area contributed by atoms with Gasteiger partial charge in [0.05, 0.1) is 5.02 Å². The van der Waals surface area contributed by atoms with Crippen LogP contribution in [0, 0.1) is 5.82 Å². The van der Waals surface area contributed by atoms with Crippen LogP contribution in [0.3, 0.4) is 0 Å². The number of esters is 1. The maximum atomic E-state index is 13.2. The molecule has 2 rings (SSSR count). The fourth-order valence-corrected chi connectivity index (χ4v) is 2.36. The summed E-state index contributed by atoms with van der Waals surface area (Å²) in [6, 6.07) is 2.78. The largest absolute Gasteiger partial charge is 0.491 e. The quantitative estimate of drug-likeness (QED) is 0.434. The normalized spacial score (nSPS) is 17.3. The number of nitrogens with one attached hydrogen (secondary N) is 1. The van der Waals surface area contributed by atoms with E-state index in [1.54, 1.807) is 0 Å². The van der Waals surface area contributed by atoms with E-state index in [1.807, 2.05) is 0 Å². The van der Waals surface area contributed by atoms with Crippen LogP contribution in [0.15, 0.2) is 18.2 Å². The molecule has 1 unspecified atom stereocenters. The molecular formula is C15H16ClF4N3O4. The van der Waals surface area contributed by atoms with Crippen molar-refractivity contribution in [2.75, 3.05) is 13.1 Å². The number of hydrogen-bond donors (Lipinski definition) is 2. The Bertz CT molecular complexity index is 696. The number of carbonyl (C=O) groups is 2. The molecule has 0 aromatic heterocycles. The van der Waals surface area contributed by atoms with E-state index in [0.717, 1.165) is 18.2 Å². The third-order valence-corrected chi connectivity index (χ3v) is 3.89. The van der Waals surface area contributed by atoms with Crippen molar-refractivity contribution in [1.82, 2.24) is 10.4 Å². The van der Waals surface area contributed by atoms with Gasteiger partial charge in [0.15, 0.2) is 0 Å². The molecule has 1 aliphatic rings. The minimum Gasteiger partial charge on any atom is -0.446 e. The topological polar surface area (TPSA) is 93.9 Å². The number of amides is 1. The molecule has 27 heavy (non-hydrogen) atoms. The number of piperidine rings is 1. The number of alkyl halides is 3. The van der Waals surface area contributed by atoms with Crippen molar-refractivity contribution in [2.45, 2.75) is 31.3 Å². The molecule has 1 atom stereocenters. The predicted molar refractivity (Wildman–Crippen MR) is 84.9 cm³/mol. The van der Waals surface area contributed by atoms with Crippen molar-refractivity contribution in [3.8, 4) is 5.75 Å². The van der Waals surface area contributed by atoms with Crippen LogP contribution in [-0.2, 0) is 14.3 Å². The Morgan fingerprint density at radius 2 is 1.93 bits per heavy atom. The lowest BCUT2D eigenvalue weighted by Gasteiger charge is -2.31. The fraction of sp³-hybridized carbons (Fsp3) is 0.467. The Labute approximate surface area is 156 Å². The van der Waals surface area contributed by atoms with Gasteiger partial charge in [-0.1, -0.05) is 11.6 Å². The molecule has 1 aromatic rings. The first-order valence-corrected chi connectivity index (χ1v) is 8.14. The minimum absolute atomic E-state index is 0.0467. The first kappa shape index (κ1) is 21.2. The number of hydrazine groups is 1. The highest BCUT2D eigenvalue weighted by molar-refractivity contribution is 6.30. The fourth-order valence-electron chi connectivity index (χ4n) is 2.19. The Morgan fingerprint density at radius 1 is 1.30 bits per heavy atom. The third kappa shape index (κ3) is 6.22. The second-order valence-electron chi connectivity index (χ2n) is 5.73. The Hall–Kier alpha value is -2.11. The van der Waals surface area contributed by atoms with E-state index in [1.165, 1.54) is 5.01 Å². The van der Waals surface area contributed by atoms with Gasteiger partial charge in [0.25, 0.3) is 0 Å². The standard InChI is InChI=1S/C15H16ClF4N3O4/c16-10-7-9(1-2-11(10)17)26-13(27-14(25)15(18,19)20)12(24)22-23-5-3-8(21)4-6-23/h1-2,7-8,13H,3-6,21H2,(H,22,24). The number of hydrogen-bond acceptors (Lipinski definition) is 6. The van der Waals surface area contributed by atoms with E-state index in [-0.39, 0.29) is 16.8 Å². The highest BCUT2D eigenvalue weighted by Gasteiger charge is 2.44. The van der Waals surface area contributed by atoms with Crippen molar-refractivity contribution in [2.24, 2.45) is 5.73 Å². The van der Waals surface area contributed by atoms with Crippen molar-refractivity contribution in [1.29, 1.82) is 0 Å². The molecule has 0 radical (unpaired) electrons. The monoisotopic (exact) mass is 413 g/mol. The summed E-state index contributed by atoms with van der Waals surface area (Å²) in [5, 5.41) is 1.03. The SMILES string of the molecule is NC1CCN(NC(=O)C(OC(=O)C(F)(F)F)Oc2ccc(F)c(Cl)c2)CC1. The Morgan fingerprint density at radius 3 is 2.48 bits per heavy atom. The Balaban J connectivity index is 2.11. The molecule has 3 N–H and O–H groups in total. The number of nitrogens with zero attached hydrogens (tertiary/aromatic N) is 1. The number of nitrogens with two attached hydrogens (primary N) is 1. The summed E-state index contributed by atoms with van der Waals surface area (Å²) in [6.07, 6.45) is -6.49. The maximum Gasteiger partial charge on any atom is 0.491 e. The van der Waals surface area contributed by atoms with Crippen molar-refractivity contribution >= 4 is 23.5 Å². The van der Waals surface area contributed by atoms with Gasteiger partial charge in [-0.2, -0.15) is 13.2 Å². The van der Waals surface area contributed by atoms with Gasteiger partial charge in [-0.25, -0.2) is 14.2 Å². The van der Waals surface area contributed by atoms with Crippen LogP contribution >= 0.6 is 11.6 Å². The lowest BCUT2D eigenvalue weighted by molar-refractivity contribution is -0.217. The molecule has 150 valence electrons. The summed E-state index contributed by atoms with van der Waals surface area (Å²) in [7, 11) is 0. The van der Waals surface area contributed by atoms with Crippen molar-refractivity contribution < 1.29 is 36.6 Å². The van der Waals surface area contributed by atoms with E-state index >= 15 is 0 Å². The smallest absolute Gasteiger partial charge is 0.446 e. The number of benzene rings is 1. The molecule has 12 heteroatoms. The zero-order valence-corrected chi connectivity index (χ0v) is 14.5. The number of rotatable bonds is 5. The second-order valence-corrected chi connectivity index (χ2v) is 6.14. The predicted octanol–water partition coefficient (Wildman–Crippen LogP) is 1.74. The molecule has 1 fully saturated rings. The van der Waals surface area contributed by atoms with Gasteiger partial charge in [-0.05, 0) is 25.0 Å². The molecular weight excluding hydrogens is 398 g/mol. The summed E-state index contributed by atoms with van der Waals surface area (Å²) in [5.41, 5.74) is 8.03.